The molecule has 17 heavy (non-hydrogen) atoms. The van der Waals surface area contributed by atoms with Crippen molar-refractivity contribution in [3.05, 3.63) is 18.1 Å². The van der Waals surface area contributed by atoms with Gasteiger partial charge in [-0.2, -0.15) is 0 Å². The molecule has 92 valence electrons. The number of likely N-dealkylation sites (N-methyl/N-ethyl adjacent to an activating group) is 1. The summed E-state index contributed by atoms with van der Waals surface area (Å²) in [6, 6.07) is 0. The van der Waals surface area contributed by atoms with Crippen LogP contribution < -0.4 is 4.90 Å². The summed E-state index contributed by atoms with van der Waals surface area (Å²) < 4.78 is 4.51. The lowest BCUT2D eigenvalue weighted by molar-refractivity contribution is -0.135. The highest BCUT2D eigenvalue weighted by Gasteiger charge is 2.14. The minimum atomic E-state index is -0.975. The molecule has 0 aliphatic heterocycles. The largest absolute Gasteiger partial charge is 0.480 e. The Morgan fingerprint density at radius 1 is 1.47 bits per heavy atom. The molecule has 0 unspecified atom stereocenters. The van der Waals surface area contributed by atoms with Crippen molar-refractivity contribution < 1.29 is 19.4 Å². The number of aromatic nitrogens is 2. The van der Waals surface area contributed by atoms with Gasteiger partial charge in [0, 0.05) is 6.54 Å². The molecular weight excluding hydrogens is 226 g/mol. The third kappa shape index (κ3) is 3.40. The molecular formula is C10H13N3O4. The van der Waals surface area contributed by atoms with E-state index in [1.54, 1.807) is 6.92 Å². The monoisotopic (exact) mass is 239 g/mol. The van der Waals surface area contributed by atoms with E-state index in [9.17, 15) is 9.59 Å². The first-order chi connectivity index (χ1) is 8.08. The minimum absolute atomic E-state index is 0.0499. The molecule has 0 fully saturated rings. The summed E-state index contributed by atoms with van der Waals surface area (Å²) in [6.45, 7) is 2.04. The Morgan fingerprint density at radius 3 is 2.71 bits per heavy atom. The van der Waals surface area contributed by atoms with Gasteiger partial charge in [-0.1, -0.05) is 0 Å². The van der Waals surface area contributed by atoms with Crippen molar-refractivity contribution in [2.45, 2.75) is 6.92 Å². The first kappa shape index (κ1) is 12.9. The number of hydrogen-bond acceptors (Lipinski definition) is 6. The fraction of sp³-hybridized carbons (Fsp3) is 0.400. The SMILES string of the molecule is CCN(CC(=O)O)c1cncc(C(=O)OC)n1. The zero-order valence-electron chi connectivity index (χ0n) is 9.58. The highest BCUT2D eigenvalue weighted by Crippen LogP contribution is 2.09. The molecule has 0 saturated carbocycles. The van der Waals surface area contributed by atoms with E-state index in [4.69, 9.17) is 5.11 Å². The number of nitrogens with zero attached hydrogens (tertiary/aromatic N) is 3. The van der Waals surface area contributed by atoms with E-state index in [2.05, 4.69) is 14.7 Å². The van der Waals surface area contributed by atoms with Crippen molar-refractivity contribution in [2.75, 3.05) is 25.1 Å². The molecule has 0 aliphatic carbocycles. The molecule has 0 saturated heterocycles. The first-order valence-corrected chi connectivity index (χ1v) is 4.95. The predicted octanol–water partition coefficient (Wildman–Crippen LogP) is 0.174. The zero-order chi connectivity index (χ0) is 12.8. The van der Waals surface area contributed by atoms with Gasteiger partial charge in [-0.25, -0.2) is 9.78 Å². The average Bonchev–Trinajstić information content (AvgIpc) is 2.34. The van der Waals surface area contributed by atoms with Crippen molar-refractivity contribution in [3.8, 4) is 0 Å². The fourth-order valence-corrected chi connectivity index (χ4v) is 1.23. The molecule has 0 amide bonds. The van der Waals surface area contributed by atoms with Gasteiger partial charge < -0.3 is 14.7 Å². The van der Waals surface area contributed by atoms with Gasteiger partial charge in [0.15, 0.2) is 5.69 Å². The summed E-state index contributed by atoms with van der Waals surface area (Å²) in [4.78, 5) is 31.2. The lowest BCUT2D eigenvalue weighted by Gasteiger charge is -2.19. The fourth-order valence-electron chi connectivity index (χ4n) is 1.23. The van der Waals surface area contributed by atoms with Crippen LogP contribution in [0.15, 0.2) is 12.4 Å². The number of esters is 1. The number of anilines is 1. The average molecular weight is 239 g/mol. The third-order valence-corrected chi connectivity index (χ3v) is 2.05. The maximum Gasteiger partial charge on any atom is 0.358 e. The molecule has 1 N–H and O–H groups in total. The van der Waals surface area contributed by atoms with Gasteiger partial charge in [0.2, 0.25) is 0 Å². The summed E-state index contributed by atoms with van der Waals surface area (Å²) in [5, 5.41) is 8.72. The Morgan fingerprint density at radius 2 is 2.18 bits per heavy atom. The van der Waals surface area contributed by atoms with E-state index in [-0.39, 0.29) is 12.2 Å². The number of ether oxygens (including phenoxy) is 1. The lowest BCUT2D eigenvalue weighted by atomic mass is 10.4. The molecule has 7 heteroatoms. The second-order valence-electron chi connectivity index (χ2n) is 3.16. The number of carbonyl (C=O) groups is 2. The molecule has 1 heterocycles. The van der Waals surface area contributed by atoms with Crippen LogP contribution in [0, 0.1) is 0 Å². The van der Waals surface area contributed by atoms with Crippen molar-refractivity contribution in [1.29, 1.82) is 0 Å². The number of carbonyl (C=O) groups excluding carboxylic acids is 1. The van der Waals surface area contributed by atoms with E-state index in [0.717, 1.165) is 0 Å². The van der Waals surface area contributed by atoms with Crippen molar-refractivity contribution in [2.24, 2.45) is 0 Å². The topological polar surface area (TPSA) is 92.6 Å². The second kappa shape index (κ2) is 5.78. The van der Waals surface area contributed by atoms with Gasteiger partial charge in [-0.3, -0.25) is 9.78 Å². The van der Waals surface area contributed by atoms with E-state index in [1.165, 1.54) is 24.4 Å². The molecule has 0 radical (unpaired) electrons. The van der Waals surface area contributed by atoms with E-state index >= 15 is 0 Å². The maximum atomic E-state index is 11.2. The van der Waals surface area contributed by atoms with Crippen LogP contribution in [0.3, 0.4) is 0 Å². The standard InChI is InChI=1S/C10H13N3O4/c1-3-13(6-9(14)15)8-5-11-4-7(12-8)10(16)17-2/h4-5H,3,6H2,1-2H3,(H,14,15). The van der Waals surface area contributed by atoms with Crippen LogP contribution >= 0.6 is 0 Å². The van der Waals surface area contributed by atoms with Gasteiger partial charge in [0.25, 0.3) is 0 Å². The van der Waals surface area contributed by atoms with Gasteiger partial charge in [-0.05, 0) is 6.92 Å². The molecule has 1 aromatic heterocycles. The van der Waals surface area contributed by atoms with Crippen LogP contribution in [-0.4, -0.2) is 47.2 Å². The highest BCUT2D eigenvalue weighted by molar-refractivity contribution is 5.87. The molecule has 0 bridgehead atoms. The van der Waals surface area contributed by atoms with E-state index in [1.807, 2.05) is 0 Å². The summed E-state index contributed by atoms with van der Waals surface area (Å²) >= 11 is 0. The predicted molar refractivity (Wildman–Crippen MR) is 58.9 cm³/mol. The Balaban J connectivity index is 2.96. The number of hydrogen-bond donors (Lipinski definition) is 1. The zero-order valence-corrected chi connectivity index (χ0v) is 9.58. The van der Waals surface area contributed by atoms with E-state index < -0.39 is 11.9 Å². The van der Waals surface area contributed by atoms with Crippen LogP contribution in [0.2, 0.25) is 0 Å². The minimum Gasteiger partial charge on any atom is -0.480 e. The number of carboxylic acid groups (broad SMARTS) is 1. The summed E-state index contributed by atoms with van der Waals surface area (Å²) in [5.41, 5.74) is 0.0499. The summed E-state index contributed by atoms with van der Waals surface area (Å²) in [7, 11) is 1.24. The van der Waals surface area contributed by atoms with Gasteiger partial charge in [0.05, 0.1) is 19.5 Å². The van der Waals surface area contributed by atoms with Crippen molar-refractivity contribution >= 4 is 17.8 Å². The molecule has 1 rings (SSSR count). The Hall–Kier alpha value is -2.18. The van der Waals surface area contributed by atoms with E-state index in [0.29, 0.717) is 12.4 Å². The molecule has 0 aromatic carbocycles. The maximum absolute atomic E-state index is 11.2. The summed E-state index contributed by atoms with van der Waals surface area (Å²) in [5.74, 6) is -1.25. The van der Waals surface area contributed by atoms with Crippen LogP contribution in [-0.2, 0) is 9.53 Å². The number of rotatable bonds is 5. The van der Waals surface area contributed by atoms with Crippen molar-refractivity contribution in [3.63, 3.8) is 0 Å². The molecule has 1 aromatic rings. The van der Waals surface area contributed by atoms with Gasteiger partial charge in [0.1, 0.15) is 12.4 Å². The molecule has 0 atom stereocenters. The Labute approximate surface area is 98.1 Å². The highest BCUT2D eigenvalue weighted by atomic mass is 16.5. The Bertz CT molecular complexity index is 422. The molecule has 7 nitrogen and oxygen atoms in total. The number of carboxylic acids is 1. The summed E-state index contributed by atoms with van der Waals surface area (Å²) in [6.07, 6.45) is 2.67. The first-order valence-electron chi connectivity index (χ1n) is 4.95. The quantitative estimate of drug-likeness (QED) is 0.732. The second-order valence-corrected chi connectivity index (χ2v) is 3.16. The lowest BCUT2D eigenvalue weighted by Crippen LogP contribution is -2.30. The van der Waals surface area contributed by atoms with Crippen LogP contribution in [0.5, 0.6) is 0 Å². The van der Waals surface area contributed by atoms with Gasteiger partial charge in [-0.15, -0.1) is 0 Å². The smallest absolute Gasteiger partial charge is 0.358 e. The van der Waals surface area contributed by atoms with Gasteiger partial charge >= 0.3 is 11.9 Å². The molecule has 0 aliphatic rings. The normalized spacial score (nSPS) is 9.76. The number of aliphatic carboxylic acids is 1. The van der Waals surface area contributed by atoms with Crippen LogP contribution in [0.1, 0.15) is 17.4 Å². The number of methoxy groups -OCH3 is 1. The van der Waals surface area contributed by atoms with Crippen LogP contribution in [0.25, 0.3) is 0 Å². The third-order valence-electron chi connectivity index (χ3n) is 2.05. The Kier molecular flexibility index (Phi) is 4.38. The van der Waals surface area contributed by atoms with Crippen LogP contribution in [0.4, 0.5) is 5.82 Å². The van der Waals surface area contributed by atoms with Crippen molar-refractivity contribution in [1.82, 2.24) is 9.97 Å². The molecule has 0 spiro atoms.